The molecule has 0 aliphatic carbocycles. The van der Waals surface area contributed by atoms with Gasteiger partial charge in [-0.05, 0) is 26.7 Å². The van der Waals surface area contributed by atoms with Gasteiger partial charge in [-0.3, -0.25) is 0 Å². The van der Waals surface area contributed by atoms with Crippen LogP contribution in [0.1, 0.15) is 40.0 Å². The van der Waals surface area contributed by atoms with Crippen LogP contribution in [0.4, 0.5) is 0 Å². The summed E-state index contributed by atoms with van der Waals surface area (Å²) in [7, 11) is 0. The lowest BCUT2D eigenvalue weighted by molar-refractivity contribution is 0.781. The van der Waals surface area contributed by atoms with Gasteiger partial charge >= 0.3 is 0 Å². The Morgan fingerprint density at radius 3 is 2.20 bits per heavy atom. The summed E-state index contributed by atoms with van der Waals surface area (Å²) in [6, 6.07) is 0. The minimum Gasteiger partial charge on any atom is -0.175 e. The summed E-state index contributed by atoms with van der Waals surface area (Å²) in [5, 5.41) is 0. The van der Waals surface area contributed by atoms with Crippen LogP contribution in [-0.4, -0.2) is 5.75 Å². The van der Waals surface area contributed by atoms with E-state index in [0.717, 1.165) is 5.75 Å². The zero-order chi connectivity index (χ0) is 7.98. The smallest absolute Gasteiger partial charge is 0.0112 e. The summed E-state index contributed by atoms with van der Waals surface area (Å²) < 4.78 is 0. The lowest BCUT2D eigenvalue weighted by Gasteiger charge is -2.03. The molecule has 1 heteroatoms. The van der Waals surface area contributed by atoms with Crippen molar-refractivity contribution in [1.82, 2.24) is 0 Å². The second-order valence-electron chi connectivity index (χ2n) is 2.82. The fourth-order valence-electron chi connectivity index (χ4n) is 0.790. The average Bonchev–Trinajstić information content (AvgIpc) is 1.98. The lowest BCUT2D eigenvalue weighted by atomic mass is 10.1. The molecular formula is C9H18S. The molecule has 0 saturated heterocycles. The van der Waals surface area contributed by atoms with E-state index in [1.54, 1.807) is 0 Å². The van der Waals surface area contributed by atoms with Crippen molar-refractivity contribution in [2.45, 2.75) is 40.0 Å². The Labute approximate surface area is 70.1 Å². The molecule has 0 radical (unpaired) electrons. The van der Waals surface area contributed by atoms with E-state index in [0.29, 0.717) is 0 Å². The number of hydrogen-bond acceptors (Lipinski definition) is 1. The summed E-state index contributed by atoms with van der Waals surface area (Å²) in [5.74, 6) is 0.912. The molecule has 0 aliphatic heterocycles. The molecule has 0 spiro atoms. The molecule has 0 aromatic rings. The highest BCUT2D eigenvalue weighted by Gasteiger charge is 1.93. The molecule has 0 unspecified atom stereocenters. The maximum atomic E-state index is 4.22. The van der Waals surface area contributed by atoms with Gasteiger partial charge in [-0.25, -0.2) is 0 Å². The van der Waals surface area contributed by atoms with Crippen LogP contribution in [0.3, 0.4) is 0 Å². The molecule has 0 aromatic heterocycles. The SMILES string of the molecule is CCCC/C(C)=C(\C)CS. The Morgan fingerprint density at radius 2 is 1.80 bits per heavy atom. The van der Waals surface area contributed by atoms with Gasteiger partial charge in [0.05, 0.1) is 0 Å². The van der Waals surface area contributed by atoms with Gasteiger partial charge in [-0.2, -0.15) is 12.6 Å². The van der Waals surface area contributed by atoms with E-state index < -0.39 is 0 Å². The van der Waals surface area contributed by atoms with Crippen LogP contribution in [-0.2, 0) is 0 Å². The number of unbranched alkanes of at least 4 members (excludes halogenated alkanes) is 1. The van der Waals surface area contributed by atoms with Crippen LogP contribution in [0.15, 0.2) is 11.1 Å². The van der Waals surface area contributed by atoms with Gasteiger partial charge in [0.2, 0.25) is 0 Å². The molecule has 0 saturated carbocycles. The highest BCUT2D eigenvalue weighted by molar-refractivity contribution is 7.80. The quantitative estimate of drug-likeness (QED) is 0.470. The third-order valence-electron chi connectivity index (χ3n) is 1.87. The largest absolute Gasteiger partial charge is 0.175 e. The second-order valence-corrected chi connectivity index (χ2v) is 3.14. The van der Waals surface area contributed by atoms with Crippen LogP contribution < -0.4 is 0 Å². The van der Waals surface area contributed by atoms with Gasteiger partial charge in [0.15, 0.2) is 0 Å². The molecule has 0 aliphatic rings. The molecule has 10 heavy (non-hydrogen) atoms. The second kappa shape index (κ2) is 5.84. The van der Waals surface area contributed by atoms with Crippen LogP contribution in [0.25, 0.3) is 0 Å². The zero-order valence-corrected chi connectivity index (χ0v) is 8.17. The van der Waals surface area contributed by atoms with E-state index in [1.165, 1.54) is 30.4 Å². The number of thiol groups is 1. The summed E-state index contributed by atoms with van der Waals surface area (Å²) in [5.41, 5.74) is 2.97. The van der Waals surface area contributed by atoms with Crippen molar-refractivity contribution in [2.75, 3.05) is 5.75 Å². The topological polar surface area (TPSA) is 0 Å². The molecular weight excluding hydrogens is 140 g/mol. The first-order valence-electron chi connectivity index (χ1n) is 3.98. The van der Waals surface area contributed by atoms with E-state index >= 15 is 0 Å². The zero-order valence-electron chi connectivity index (χ0n) is 7.28. The molecule has 0 aromatic carbocycles. The molecule has 0 N–H and O–H groups in total. The van der Waals surface area contributed by atoms with Crippen LogP contribution in [0.2, 0.25) is 0 Å². The van der Waals surface area contributed by atoms with E-state index in [1.807, 2.05) is 0 Å². The van der Waals surface area contributed by atoms with Gasteiger partial charge < -0.3 is 0 Å². The fraction of sp³-hybridized carbons (Fsp3) is 0.778. The standard InChI is InChI=1S/C9H18S/c1-4-5-6-8(2)9(3)7-10/h10H,4-7H2,1-3H3/b9-8+. The molecule has 0 amide bonds. The van der Waals surface area contributed by atoms with Crippen molar-refractivity contribution >= 4 is 12.6 Å². The summed E-state index contributed by atoms with van der Waals surface area (Å²) in [4.78, 5) is 0. The first-order chi connectivity index (χ1) is 4.72. The minimum absolute atomic E-state index is 0.912. The maximum absolute atomic E-state index is 4.22. The van der Waals surface area contributed by atoms with Crippen molar-refractivity contribution in [1.29, 1.82) is 0 Å². The maximum Gasteiger partial charge on any atom is 0.0112 e. The van der Waals surface area contributed by atoms with E-state index in [9.17, 15) is 0 Å². The lowest BCUT2D eigenvalue weighted by Crippen LogP contribution is -1.85. The Balaban J connectivity index is 3.68. The van der Waals surface area contributed by atoms with Crippen molar-refractivity contribution in [2.24, 2.45) is 0 Å². The minimum atomic E-state index is 0.912. The van der Waals surface area contributed by atoms with Gasteiger partial charge in [-0.1, -0.05) is 24.5 Å². The molecule has 0 nitrogen and oxygen atoms in total. The third-order valence-corrected chi connectivity index (χ3v) is 2.35. The highest BCUT2D eigenvalue weighted by atomic mass is 32.1. The van der Waals surface area contributed by atoms with Gasteiger partial charge in [0.1, 0.15) is 0 Å². The van der Waals surface area contributed by atoms with Gasteiger partial charge in [0, 0.05) is 5.75 Å². The van der Waals surface area contributed by atoms with E-state index in [2.05, 4.69) is 33.4 Å². The molecule has 60 valence electrons. The Kier molecular flexibility index (Phi) is 5.90. The first kappa shape index (κ1) is 10.1. The number of rotatable bonds is 4. The van der Waals surface area contributed by atoms with Crippen LogP contribution in [0.5, 0.6) is 0 Å². The summed E-state index contributed by atoms with van der Waals surface area (Å²) in [6.07, 6.45) is 3.86. The van der Waals surface area contributed by atoms with Crippen molar-refractivity contribution in [3.8, 4) is 0 Å². The number of hydrogen-bond donors (Lipinski definition) is 1. The van der Waals surface area contributed by atoms with Crippen LogP contribution in [0, 0.1) is 0 Å². The molecule has 0 bridgehead atoms. The predicted molar refractivity (Wildman–Crippen MR) is 51.8 cm³/mol. The van der Waals surface area contributed by atoms with Crippen LogP contribution >= 0.6 is 12.6 Å². The fourth-order valence-corrected chi connectivity index (χ4v) is 1.06. The predicted octanol–water partition coefficient (Wildman–Crippen LogP) is 3.44. The normalized spacial score (nSPS) is 13.2. The van der Waals surface area contributed by atoms with Crippen molar-refractivity contribution in [3.63, 3.8) is 0 Å². The highest BCUT2D eigenvalue weighted by Crippen LogP contribution is 2.12. The van der Waals surface area contributed by atoms with Gasteiger partial charge in [0.25, 0.3) is 0 Å². The average molecular weight is 158 g/mol. The molecule has 0 heterocycles. The molecule has 0 fully saturated rings. The summed E-state index contributed by atoms with van der Waals surface area (Å²) in [6.45, 7) is 6.60. The monoisotopic (exact) mass is 158 g/mol. The summed E-state index contributed by atoms with van der Waals surface area (Å²) >= 11 is 4.22. The number of allylic oxidation sites excluding steroid dienone is 1. The third kappa shape index (κ3) is 3.99. The van der Waals surface area contributed by atoms with Crippen molar-refractivity contribution in [3.05, 3.63) is 11.1 Å². The Hall–Kier alpha value is 0.0900. The Morgan fingerprint density at radius 1 is 1.20 bits per heavy atom. The van der Waals surface area contributed by atoms with E-state index in [4.69, 9.17) is 0 Å². The molecule has 0 rings (SSSR count). The van der Waals surface area contributed by atoms with Crippen molar-refractivity contribution < 1.29 is 0 Å². The first-order valence-corrected chi connectivity index (χ1v) is 4.61. The van der Waals surface area contributed by atoms with E-state index in [-0.39, 0.29) is 0 Å². The molecule has 0 atom stereocenters. The van der Waals surface area contributed by atoms with Gasteiger partial charge in [-0.15, -0.1) is 0 Å². The Bertz CT molecular complexity index is 114.